The lowest BCUT2D eigenvalue weighted by atomic mass is 10.3. The summed E-state index contributed by atoms with van der Waals surface area (Å²) in [7, 11) is 1.60. The van der Waals surface area contributed by atoms with E-state index in [-0.39, 0.29) is 5.76 Å². The van der Waals surface area contributed by atoms with Gasteiger partial charge in [0.25, 0.3) is 0 Å². The van der Waals surface area contributed by atoms with Gasteiger partial charge in [-0.1, -0.05) is 6.58 Å². The molecule has 0 saturated carbocycles. The normalized spacial score (nSPS) is 11.1. The molecule has 1 aromatic carbocycles. The molecule has 0 aromatic heterocycles. The monoisotopic (exact) mass is 255 g/mol. The van der Waals surface area contributed by atoms with Crippen molar-refractivity contribution in [3.8, 4) is 5.75 Å². The van der Waals surface area contributed by atoms with E-state index in [1.54, 1.807) is 31.4 Å². The molecule has 4 heteroatoms. The quantitative estimate of drug-likeness (QED) is 0.666. The topological polar surface area (TPSA) is 41.8 Å². The fourth-order valence-electron chi connectivity index (χ4n) is 0.835. The smallest absolute Gasteiger partial charge is 0.147 e. The Hall–Kier alpha value is -1.29. The molecule has 1 aromatic rings. The van der Waals surface area contributed by atoms with Crippen LogP contribution >= 0.6 is 15.9 Å². The van der Waals surface area contributed by atoms with Gasteiger partial charge in [0, 0.05) is 0 Å². The van der Waals surface area contributed by atoms with Crippen LogP contribution in [-0.2, 0) is 0 Å². The van der Waals surface area contributed by atoms with E-state index in [0.29, 0.717) is 10.3 Å². The van der Waals surface area contributed by atoms with Crippen LogP contribution in [0.4, 0.5) is 5.69 Å². The molecule has 3 nitrogen and oxygen atoms in total. The van der Waals surface area contributed by atoms with Crippen LogP contribution in [0.5, 0.6) is 5.75 Å². The van der Waals surface area contributed by atoms with Gasteiger partial charge in [0.05, 0.1) is 12.8 Å². The Balaban J connectivity index is 2.88. The van der Waals surface area contributed by atoms with Crippen LogP contribution in [0.1, 0.15) is 0 Å². The molecule has 0 unspecified atom stereocenters. The first kappa shape index (κ1) is 10.8. The van der Waals surface area contributed by atoms with Crippen LogP contribution in [0.25, 0.3) is 0 Å². The Morgan fingerprint density at radius 2 is 2.00 bits per heavy atom. The first-order valence-electron chi connectivity index (χ1n) is 3.90. The maximum Gasteiger partial charge on any atom is 0.147 e. The van der Waals surface area contributed by atoms with Gasteiger partial charge in [-0.3, -0.25) is 0 Å². The number of hydrogen-bond acceptors (Lipinski definition) is 3. The van der Waals surface area contributed by atoms with E-state index < -0.39 is 0 Å². The van der Waals surface area contributed by atoms with Gasteiger partial charge in [0.15, 0.2) is 0 Å². The Bertz CT molecular complexity index is 357. The van der Waals surface area contributed by atoms with Crippen LogP contribution in [0.3, 0.4) is 0 Å². The third kappa shape index (κ3) is 2.88. The molecule has 0 aliphatic carbocycles. The fourth-order valence-corrected chi connectivity index (χ4v) is 1.04. The van der Waals surface area contributed by atoms with Gasteiger partial charge in [-0.2, -0.15) is 0 Å². The second-order valence-electron chi connectivity index (χ2n) is 2.55. The molecule has 0 radical (unpaired) electrons. The van der Waals surface area contributed by atoms with Crippen molar-refractivity contribution in [3.63, 3.8) is 0 Å². The molecule has 0 heterocycles. The van der Waals surface area contributed by atoms with Crippen molar-refractivity contribution in [1.29, 1.82) is 0 Å². The molecule has 0 fully saturated rings. The van der Waals surface area contributed by atoms with Crippen LogP contribution < -0.4 is 4.74 Å². The lowest BCUT2D eigenvalue weighted by Crippen LogP contribution is -1.88. The van der Waals surface area contributed by atoms with Crippen molar-refractivity contribution in [1.82, 2.24) is 0 Å². The van der Waals surface area contributed by atoms with Crippen LogP contribution in [0.15, 0.2) is 41.6 Å². The number of methoxy groups -OCH3 is 1. The highest BCUT2D eigenvalue weighted by Crippen LogP contribution is 2.19. The number of rotatable bonds is 3. The first-order valence-corrected chi connectivity index (χ1v) is 4.69. The van der Waals surface area contributed by atoms with Crippen molar-refractivity contribution in [3.05, 3.63) is 36.6 Å². The zero-order chi connectivity index (χ0) is 10.6. The average Bonchev–Trinajstić information content (AvgIpc) is 2.19. The van der Waals surface area contributed by atoms with Crippen molar-refractivity contribution in [2.75, 3.05) is 7.11 Å². The molecular formula is C10H10BrNO2. The minimum atomic E-state index is -0.0965. The molecule has 14 heavy (non-hydrogen) atoms. The van der Waals surface area contributed by atoms with Gasteiger partial charge in [-0.05, 0) is 40.2 Å². The number of nitrogens with zero attached hydrogens (tertiary/aromatic N) is 1. The van der Waals surface area contributed by atoms with Crippen LogP contribution in [0.2, 0.25) is 0 Å². The van der Waals surface area contributed by atoms with Gasteiger partial charge < -0.3 is 9.84 Å². The Labute approximate surface area is 90.9 Å². The summed E-state index contributed by atoms with van der Waals surface area (Å²) in [5.41, 5.74) is 0.716. The minimum Gasteiger partial charge on any atom is -0.506 e. The number of ether oxygens (including phenoxy) is 1. The van der Waals surface area contributed by atoms with E-state index in [4.69, 9.17) is 9.84 Å². The molecule has 1 N–H and O–H groups in total. The fraction of sp³-hybridized carbons (Fsp3) is 0.100. The van der Waals surface area contributed by atoms with E-state index >= 15 is 0 Å². The Morgan fingerprint density at radius 3 is 2.43 bits per heavy atom. The summed E-state index contributed by atoms with van der Waals surface area (Å²) in [5.74, 6) is 0.670. The second kappa shape index (κ2) is 4.81. The summed E-state index contributed by atoms with van der Waals surface area (Å²) in [6.07, 6.45) is 0. The average molecular weight is 256 g/mol. The molecule has 0 aliphatic heterocycles. The van der Waals surface area contributed by atoms with Crippen molar-refractivity contribution in [2.45, 2.75) is 0 Å². The van der Waals surface area contributed by atoms with Crippen molar-refractivity contribution in [2.24, 2.45) is 4.99 Å². The van der Waals surface area contributed by atoms with E-state index in [1.807, 2.05) is 0 Å². The molecular weight excluding hydrogens is 246 g/mol. The summed E-state index contributed by atoms with van der Waals surface area (Å²) in [6.45, 7) is 3.34. The first-order chi connectivity index (χ1) is 6.63. The number of benzene rings is 1. The van der Waals surface area contributed by atoms with Crippen molar-refractivity contribution >= 4 is 26.2 Å². The number of allylic oxidation sites excluding steroid dienone is 1. The van der Waals surface area contributed by atoms with Gasteiger partial charge in [-0.25, -0.2) is 4.99 Å². The molecule has 1 rings (SSSR count). The predicted molar refractivity (Wildman–Crippen MR) is 60.8 cm³/mol. The third-order valence-electron chi connectivity index (χ3n) is 1.54. The zero-order valence-electron chi connectivity index (χ0n) is 7.70. The molecule has 0 amide bonds. The molecule has 0 atom stereocenters. The van der Waals surface area contributed by atoms with Gasteiger partial charge in [0.2, 0.25) is 0 Å². The van der Waals surface area contributed by atoms with E-state index in [2.05, 4.69) is 27.5 Å². The number of halogens is 1. The summed E-state index contributed by atoms with van der Waals surface area (Å²) < 4.78 is 5.32. The van der Waals surface area contributed by atoms with E-state index in [1.165, 1.54) is 0 Å². The second-order valence-corrected chi connectivity index (χ2v) is 3.30. The molecule has 0 spiro atoms. The number of aliphatic hydroxyl groups is 1. The minimum absolute atomic E-state index is 0.0965. The number of hydrogen-bond donors (Lipinski definition) is 1. The summed E-state index contributed by atoms with van der Waals surface area (Å²) in [4.78, 5) is 4.06. The maximum atomic E-state index is 8.99. The maximum absolute atomic E-state index is 8.99. The lowest BCUT2D eigenvalue weighted by Gasteiger charge is -1.99. The summed E-state index contributed by atoms with van der Waals surface area (Å²) >= 11 is 3.08. The molecule has 0 saturated heterocycles. The highest BCUT2D eigenvalue weighted by molar-refractivity contribution is 9.18. The molecule has 0 bridgehead atoms. The van der Waals surface area contributed by atoms with Gasteiger partial charge in [-0.15, -0.1) is 0 Å². The zero-order valence-corrected chi connectivity index (χ0v) is 9.28. The predicted octanol–water partition coefficient (Wildman–Crippen LogP) is 3.19. The third-order valence-corrected chi connectivity index (χ3v) is 2.17. The van der Waals surface area contributed by atoms with E-state index in [9.17, 15) is 0 Å². The SMILES string of the molecule is C=C(O)C(Br)=Nc1ccc(OC)cc1. The lowest BCUT2D eigenvalue weighted by molar-refractivity contribution is 0.415. The van der Waals surface area contributed by atoms with Crippen molar-refractivity contribution < 1.29 is 9.84 Å². The highest BCUT2D eigenvalue weighted by Gasteiger charge is 1.97. The Kier molecular flexibility index (Phi) is 3.71. The van der Waals surface area contributed by atoms with Gasteiger partial charge >= 0.3 is 0 Å². The van der Waals surface area contributed by atoms with Crippen LogP contribution in [-0.4, -0.2) is 16.8 Å². The highest BCUT2D eigenvalue weighted by atomic mass is 79.9. The van der Waals surface area contributed by atoms with Crippen LogP contribution in [0, 0.1) is 0 Å². The number of aliphatic hydroxyl groups excluding tert-OH is 1. The largest absolute Gasteiger partial charge is 0.506 e. The number of aliphatic imine (C=N–C) groups is 1. The molecule has 0 aliphatic rings. The Morgan fingerprint density at radius 1 is 1.43 bits per heavy atom. The summed E-state index contributed by atoms with van der Waals surface area (Å²) in [5, 5.41) is 8.99. The van der Waals surface area contributed by atoms with E-state index in [0.717, 1.165) is 5.75 Å². The standard InChI is InChI=1S/C10H10BrNO2/c1-7(13)10(11)12-8-3-5-9(14-2)6-4-8/h3-6,13H,1H2,2H3. The van der Waals surface area contributed by atoms with Gasteiger partial charge in [0.1, 0.15) is 16.1 Å². The molecule has 74 valence electrons. The summed E-state index contributed by atoms with van der Waals surface area (Å²) in [6, 6.07) is 7.14.